The van der Waals surface area contributed by atoms with Crippen LogP contribution in [0.1, 0.15) is 9.67 Å². The van der Waals surface area contributed by atoms with E-state index in [1.165, 1.54) is 16.4 Å². The molecule has 0 unspecified atom stereocenters. The molecule has 0 aromatic carbocycles. The van der Waals surface area contributed by atoms with Crippen LogP contribution in [0.2, 0.25) is 4.34 Å². The molecular formula is C8H5ClN2O2S3. The van der Waals surface area contributed by atoms with Crippen molar-refractivity contribution in [3.05, 3.63) is 21.5 Å². The van der Waals surface area contributed by atoms with Crippen molar-refractivity contribution in [2.45, 2.75) is 4.90 Å². The lowest BCUT2D eigenvalue weighted by molar-refractivity contribution is 0.0702. The molecule has 2 rings (SSSR count). The summed E-state index contributed by atoms with van der Waals surface area (Å²) in [6.07, 6.45) is 1.51. The normalized spacial score (nSPS) is 10.7. The van der Waals surface area contributed by atoms with Crippen molar-refractivity contribution in [2.24, 2.45) is 0 Å². The van der Waals surface area contributed by atoms with Gasteiger partial charge in [0.25, 0.3) is 0 Å². The number of hydrogen-bond acceptors (Lipinski definition) is 5. The molecule has 0 atom stereocenters. The molecule has 0 saturated heterocycles. The maximum absolute atomic E-state index is 10.8. The van der Waals surface area contributed by atoms with Crippen LogP contribution in [0.25, 0.3) is 11.3 Å². The Morgan fingerprint density at radius 1 is 1.62 bits per heavy atom. The zero-order chi connectivity index (χ0) is 11.9. The smallest absolute Gasteiger partial charge is 0.345 e. The average molecular weight is 293 g/mol. The lowest BCUT2D eigenvalue weighted by atomic mass is 10.2. The third-order valence-electron chi connectivity index (χ3n) is 1.88. The zero-order valence-electron chi connectivity index (χ0n) is 7.59. The summed E-state index contributed by atoms with van der Waals surface area (Å²) in [5.74, 6) is -1.01. The van der Waals surface area contributed by atoms with Crippen molar-refractivity contribution in [3.63, 3.8) is 0 Å². The third-order valence-corrected chi connectivity index (χ3v) is 3.86. The summed E-state index contributed by atoms with van der Waals surface area (Å²) < 4.78 is 1.69. The minimum absolute atomic E-state index is 0.169. The van der Waals surface area contributed by atoms with Crippen LogP contribution >= 0.6 is 48.4 Å². The first-order chi connectivity index (χ1) is 7.50. The van der Waals surface area contributed by atoms with Crippen LogP contribution in [0.15, 0.2) is 17.2 Å². The first-order valence-corrected chi connectivity index (χ1v) is 6.04. The fraction of sp³-hybridized carbons (Fsp3) is 0. The van der Waals surface area contributed by atoms with Gasteiger partial charge in [-0.1, -0.05) is 11.6 Å². The van der Waals surface area contributed by atoms with Crippen molar-refractivity contribution >= 4 is 54.4 Å². The Kier molecular flexibility index (Phi) is 3.20. The van der Waals surface area contributed by atoms with E-state index in [1.54, 1.807) is 0 Å². The minimum atomic E-state index is -1.01. The van der Waals surface area contributed by atoms with E-state index in [1.807, 2.05) is 0 Å². The largest absolute Gasteiger partial charge is 0.477 e. The summed E-state index contributed by atoms with van der Waals surface area (Å²) in [4.78, 5) is 11.6. The molecule has 84 valence electrons. The zero-order valence-corrected chi connectivity index (χ0v) is 10.9. The molecule has 2 aromatic rings. The van der Waals surface area contributed by atoms with Crippen LogP contribution < -0.4 is 0 Å². The Morgan fingerprint density at radius 3 is 2.75 bits per heavy atom. The van der Waals surface area contributed by atoms with Crippen molar-refractivity contribution in [2.75, 3.05) is 0 Å². The lowest BCUT2D eigenvalue weighted by Gasteiger charge is -1.99. The molecule has 0 aliphatic heterocycles. The molecule has 4 nitrogen and oxygen atoms in total. The number of thiophene rings is 1. The fourth-order valence-electron chi connectivity index (χ4n) is 1.21. The number of carboxylic acids is 1. The molecule has 0 radical (unpaired) electrons. The standard InChI is InChI=1S/C8H5ClN2O2S3/c9-7-3(1-5(16-7)8(12)13)6-4(14)2-10-11(6)15/h1-2,14-15H,(H,12,13). The summed E-state index contributed by atoms with van der Waals surface area (Å²) in [7, 11) is 0. The van der Waals surface area contributed by atoms with Gasteiger partial charge in [0, 0.05) is 5.56 Å². The summed E-state index contributed by atoms with van der Waals surface area (Å²) >= 11 is 15.3. The Balaban J connectivity index is 2.61. The van der Waals surface area contributed by atoms with Crippen LogP contribution in [0.5, 0.6) is 0 Å². The van der Waals surface area contributed by atoms with Gasteiger partial charge in [-0.15, -0.1) is 24.0 Å². The van der Waals surface area contributed by atoms with E-state index in [2.05, 4.69) is 30.5 Å². The number of aromatic carboxylic acids is 1. The molecule has 0 aliphatic rings. The van der Waals surface area contributed by atoms with Gasteiger partial charge < -0.3 is 5.11 Å². The Hall–Kier alpha value is -0.630. The molecule has 16 heavy (non-hydrogen) atoms. The van der Waals surface area contributed by atoms with Crippen molar-refractivity contribution in [1.29, 1.82) is 0 Å². The number of carbonyl (C=O) groups is 1. The quantitative estimate of drug-likeness (QED) is 0.746. The summed E-state index contributed by atoms with van der Waals surface area (Å²) in [5, 5.41) is 12.7. The molecule has 0 spiro atoms. The van der Waals surface area contributed by atoms with Gasteiger partial charge in [0.05, 0.1) is 16.8 Å². The van der Waals surface area contributed by atoms with Gasteiger partial charge >= 0.3 is 5.97 Å². The summed E-state index contributed by atoms with van der Waals surface area (Å²) in [6, 6.07) is 1.48. The number of rotatable bonds is 2. The third kappa shape index (κ3) is 1.95. The second kappa shape index (κ2) is 4.33. The second-order valence-corrected chi connectivity index (χ2v) is 5.39. The molecule has 0 amide bonds. The highest BCUT2D eigenvalue weighted by atomic mass is 35.5. The maximum Gasteiger partial charge on any atom is 0.345 e. The predicted octanol–water partition coefficient (Wildman–Crippen LogP) is 2.94. The van der Waals surface area contributed by atoms with E-state index >= 15 is 0 Å². The lowest BCUT2D eigenvalue weighted by Crippen LogP contribution is -1.91. The molecular weight excluding hydrogens is 288 g/mol. The van der Waals surface area contributed by atoms with Gasteiger partial charge in [0.1, 0.15) is 9.21 Å². The topological polar surface area (TPSA) is 55.1 Å². The molecule has 0 bridgehead atoms. The molecule has 0 aliphatic carbocycles. The molecule has 2 heterocycles. The predicted molar refractivity (Wildman–Crippen MR) is 69.1 cm³/mol. The Bertz CT molecular complexity index is 544. The number of nitrogens with zero attached hydrogens (tertiary/aromatic N) is 2. The molecule has 0 fully saturated rings. The van der Waals surface area contributed by atoms with Gasteiger partial charge in [-0.3, -0.25) is 0 Å². The fourth-order valence-corrected chi connectivity index (χ4v) is 2.94. The maximum atomic E-state index is 10.8. The van der Waals surface area contributed by atoms with Gasteiger partial charge in [-0.05, 0) is 18.9 Å². The van der Waals surface area contributed by atoms with E-state index in [-0.39, 0.29) is 4.88 Å². The van der Waals surface area contributed by atoms with E-state index < -0.39 is 5.97 Å². The molecule has 8 heteroatoms. The van der Waals surface area contributed by atoms with Gasteiger partial charge in [-0.2, -0.15) is 5.10 Å². The SMILES string of the molecule is O=C(O)c1cc(-c2c(S)cnn2S)c(Cl)s1. The highest BCUT2D eigenvalue weighted by Crippen LogP contribution is 2.38. The first-order valence-electron chi connectivity index (χ1n) is 4.00. The van der Waals surface area contributed by atoms with Gasteiger partial charge in [0.15, 0.2) is 0 Å². The van der Waals surface area contributed by atoms with E-state index in [0.29, 0.717) is 20.5 Å². The van der Waals surface area contributed by atoms with Crippen LogP contribution in [0.4, 0.5) is 0 Å². The number of thiol groups is 2. The van der Waals surface area contributed by atoms with E-state index in [9.17, 15) is 4.79 Å². The highest BCUT2D eigenvalue weighted by molar-refractivity contribution is 7.80. The van der Waals surface area contributed by atoms with Crippen LogP contribution in [0, 0.1) is 0 Å². The first kappa shape index (κ1) is 11.8. The summed E-state index contributed by atoms with van der Waals surface area (Å²) in [6.45, 7) is 0. The molecule has 1 N–H and O–H groups in total. The Morgan fingerprint density at radius 2 is 2.31 bits per heavy atom. The molecule has 2 aromatic heterocycles. The van der Waals surface area contributed by atoms with Crippen LogP contribution in [-0.4, -0.2) is 20.3 Å². The Labute approximate surface area is 111 Å². The molecule has 0 saturated carbocycles. The van der Waals surface area contributed by atoms with Crippen LogP contribution in [0.3, 0.4) is 0 Å². The second-order valence-electron chi connectivity index (χ2n) is 2.87. The van der Waals surface area contributed by atoms with E-state index in [0.717, 1.165) is 11.3 Å². The van der Waals surface area contributed by atoms with Gasteiger partial charge in [0.2, 0.25) is 0 Å². The number of aromatic nitrogens is 2. The van der Waals surface area contributed by atoms with Gasteiger partial charge in [-0.25, -0.2) is 8.88 Å². The summed E-state index contributed by atoms with van der Waals surface area (Å²) in [5.41, 5.74) is 1.15. The average Bonchev–Trinajstić information content (AvgIpc) is 2.71. The van der Waals surface area contributed by atoms with Crippen molar-refractivity contribution in [3.8, 4) is 11.3 Å². The highest BCUT2D eigenvalue weighted by Gasteiger charge is 2.18. The van der Waals surface area contributed by atoms with Crippen molar-refractivity contribution in [1.82, 2.24) is 9.19 Å². The van der Waals surface area contributed by atoms with E-state index in [4.69, 9.17) is 16.7 Å². The monoisotopic (exact) mass is 292 g/mol. The van der Waals surface area contributed by atoms with Crippen molar-refractivity contribution < 1.29 is 9.90 Å². The minimum Gasteiger partial charge on any atom is -0.477 e. The number of halogens is 1. The van der Waals surface area contributed by atoms with Crippen LogP contribution in [-0.2, 0) is 0 Å². The number of carboxylic acid groups (broad SMARTS) is 1. The number of hydrogen-bond donors (Lipinski definition) is 3.